The fraction of sp³-hybridized carbons (Fsp3) is 0.429. The quantitative estimate of drug-likeness (QED) is 0.832. The zero-order valence-corrected chi connectivity index (χ0v) is 13.2. The van der Waals surface area contributed by atoms with Crippen LogP contribution in [-0.4, -0.2) is 30.1 Å². The summed E-state index contributed by atoms with van der Waals surface area (Å²) in [4.78, 5) is 23.4. The maximum atomic E-state index is 12.2. The van der Waals surface area contributed by atoms with Crippen LogP contribution >= 0.6 is 15.9 Å². The van der Waals surface area contributed by atoms with Crippen molar-refractivity contribution < 1.29 is 19.4 Å². The van der Waals surface area contributed by atoms with Crippen molar-refractivity contribution in [2.45, 2.75) is 26.3 Å². The Kier molecular flexibility index (Phi) is 6.01. The average Bonchev–Trinajstić information content (AvgIpc) is 2.43. The first-order valence-electron chi connectivity index (χ1n) is 6.27. The lowest BCUT2D eigenvalue weighted by molar-refractivity contribution is -0.140. The fourth-order valence-corrected chi connectivity index (χ4v) is 2.13. The number of nitrogens with one attached hydrogen (secondary N) is 1. The van der Waals surface area contributed by atoms with Crippen molar-refractivity contribution in [3.63, 3.8) is 0 Å². The van der Waals surface area contributed by atoms with E-state index in [9.17, 15) is 14.7 Å². The molecule has 2 atom stereocenters. The highest BCUT2D eigenvalue weighted by atomic mass is 79.9. The fourth-order valence-electron chi connectivity index (χ4n) is 1.71. The van der Waals surface area contributed by atoms with Crippen LogP contribution < -0.4 is 10.1 Å². The molecule has 5 nitrogen and oxygen atoms in total. The summed E-state index contributed by atoms with van der Waals surface area (Å²) in [6, 6.07) is 4.05. The normalized spacial score (nSPS) is 13.4. The van der Waals surface area contributed by atoms with E-state index in [1.54, 1.807) is 25.1 Å². The monoisotopic (exact) mass is 343 g/mol. The van der Waals surface area contributed by atoms with Gasteiger partial charge in [0, 0.05) is 4.47 Å². The number of methoxy groups -OCH3 is 1. The summed E-state index contributed by atoms with van der Waals surface area (Å²) in [6.07, 6.45) is 0.663. The molecule has 0 radical (unpaired) electrons. The van der Waals surface area contributed by atoms with Crippen LogP contribution in [0.2, 0.25) is 0 Å². The van der Waals surface area contributed by atoms with Gasteiger partial charge in [0.25, 0.3) is 5.91 Å². The molecule has 2 N–H and O–H groups in total. The molecule has 0 aliphatic heterocycles. The van der Waals surface area contributed by atoms with E-state index < -0.39 is 17.9 Å². The Labute approximate surface area is 126 Å². The average molecular weight is 344 g/mol. The van der Waals surface area contributed by atoms with Crippen molar-refractivity contribution in [1.82, 2.24) is 5.32 Å². The molecule has 6 heteroatoms. The minimum absolute atomic E-state index is 0.152. The number of carboxylic acid groups (broad SMARTS) is 1. The van der Waals surface area contributed by atoms with Gasteiger partial charge in [0.2, 0.25) is 0 Å². The van der Waals surface area contributed by atoms with Gasteiger partial charge >= 0.3 is 5.97 Å². The van der Waals surface area contributed by atoms with Gasteiger partial charge in [-0.05, 0) is 40.0 Å². The number of aliphatic carboxylic acids is 1. The zero-order valence-electron chi connectivity index (χ0n) is 11.6. The van der Waals surface area contributed by atoms with Gasteiger partial charge in [-0.25, -0.2) is 4.79 Å². The highest BCUT2D eigenvalue weighted by Crippen LogP contribution is 2.23. The van der Waals surface area contributed by atoms with Gasteiger partial charge < -0.3 is 15.2 Å². The molecular weight excluding hydrogens is 326 g/mol. The summed E-state index contributed by atoms with van der Waals surface area (Å²) < 4.78 is 5.65. The highest BCUT2D eigenvalue weighted by Gasteiger charge is 2.26. The van der Waals surface area contributed by atoms with Crippen molar-refractivity contribution in [2.75, 3.05) is 7.11 Å². The van der Waals surface area contributed by atoms with Crippen LogP contribution in [-0.2, 0) is 4.79 Å². The molecule has 0 saturated carbocycles. The summed E-state index contributed by atoms with van der Waals surface area (Å²) in [5, 5.41) is 11.7. The Morgan fingerprint density at radius 1 is 1.45 bits per heavy atom. The number of hydrogen-bond acceptors (Lipinski definition) is 3. The molecular formula is C14H18BrNO4. The Morgan fingerprint density at radius 3 is 2.60 bits per heavy atom. The smallest absolute Gasteiger partial charge is 0.326 e. The second kappa shape index (κ2) is 7.28. The number of rotatable bonds is 6. The molecule has 0 bridgehead atoms. The molecule has 1 unspecified atom stereocenters. The lowest BCUT2D eigenvalue weighted by atomic mass is 9.99. The molecule has 110 valence electrons. The number of carbonyl (C=O) groups is 2. The maximum absolute atomic E-state index is 12.2. The molecule has 0 aliphatic rings. The summed E-state index contributed by atoms with van der Waals surface area (Å²) in [6.45, 7) is 3.67. The van der Waals surface area contributed by atoms with Gasteiger partial charge in [-0.3, -0.25) is 4.79 Å². The van der Waals surface area contributed by atoms with Gasteiger partial charge in [-0.1, -0.05) is 20.3 Å². The van der Waals surface area contributed by atoms with E-state index >= 15 is 0 Å². The van der Waals surface area contributed by atoms with Gasteiger partial charge in [-0.15, -0.1) is 0 Å². The summed E-state index contributed by atoms with van der Waals surface area (Å²) in [5.41, 5.74) is 0.346. The van der Waals surface area contributed by atoms with E-state index in [0.717, 1.165) is 0 Å². The summed E-state index contributed by atoms with van der Waals surface area (Å²) in [7, 11) is 1.50. The molecule has 0 saturated heterocycles. The molecule has 1 rings (SSSR count). The third kappa shape index (κ3) is 3.96. The van der Waals surface area contributed by atoms with E-state index in [1.807, 2.05) is 6.92 Å². The van der Waals surface area contributed by atoms with E-state index in [4.69, 9.17) is 4.74 Å². The number of carbonyl (C=O) groups excluding carboxylic acids is 1. The molecule has 20 heavy (non-hydrogen) atoms. The standard InChI is InChI=1S/C14H18BrNO4/c1-4-8(2)12(14(18)19)16-13(17)10-7-9(20-3)5-6-11(10)15/h5-8,12H,4H2,1-3H3,(H,16,17)(H,18,19)/t8?,12-/m0/s1. The van der Waals surface area contributed by atoms with E-state index in [1.165, 1.54) is 7.11 Å². The largest absolute Gasteiger partial charge is 0.497 e. The van der Waals surface area contributed by atoms with E-state index in [0.29, 0.717) is 22.2 Å². The molecule has 1 aromatic carbocycles. The third-order valence-corrected chi connectivity index (χ3v) is 3.88. The minimum Gasteiger partial charge on any atom is -0.497 e. The van der Waals surface area contributed by atoms with Crippen LogP contribution in [0.25, 0.3) is 0 Å². The van der Waals surface area contributed by atoms with Crippen molar-refractivity contribution in [2.24, 2.45) is 5.92 Å². The molecule has 0 spiro atoms. The second-order valence-electron chi connectivity index (χ2n) is 4.52. The van der Waals surface area contributed by atoms with Gasteiger partial charge in [0.05, 0.1) is 12.7 Å². The first-order chi connectivity index (χ1) is 9.40. The predicted molar refractivity (Wildman–Crippen MR) is 79.0 cm³/mol. The Bertz CT molecular complexity index is 504. The molecule has 0 aliphatic carbocycles. The zero-order chi connectivity index (χ0) is 15.3. The number of ether oxygens (including phenoxy) is 1. The van der Waals surface area contributed by atoms with Crippen LogP contribution in [0, 0.1) is 5.92 Å². The number of halogens is 1. The Balaban J connectivity index is 2.97. The van der Waals surface area contributed by atoms with Crippen LogP contribution in [0.15, 0.2) is 22.7 Å². The predicted octanol–water partition coefficient (Wildman–Crippen LogP) is 2.69. The number of carboxylic acids is 1. The SMILES string of the molecule is CCC(C)[C@H](NC(=O)c1cc(OC)ccc1Br)C(=O)O. The van der Waals surface area contributed by atoms with Gasteiger partial charge in [0.15, 0.2) is 0 Å². The van der Waals surface area contributed by atoms with Crippen molar-refractivity contribution in [3.8, 4) is 5.75 Å². The molecule has 0 aromatic heterocycles. The third-order valence-electron chi connectivity index (χ3n) is 3.18. The highest BCUT2D eigenvalue weighted by molar-refractivity contribution is 9.10. The molecule has 0 fully saturated rings. The first kappa shape index (κ1) is 16.5. The van der Waals surface area contributed by atoms with Crippen molar-refractivity contribution in [3.05, 3.63) is 28.2 Å². The lowest BCUT2D eigenvalue weighted by Crippen LogP contribution is -2.45. The van der Waals surface area contributed by atoms with E-state index in [-0.39, 0.29) is 5.92 Å². The number of amides is 1. The molecule has 1 amide bonds. The maximum Gasteiger partial charge on any atom is 0.326 e. The second-order valence-corrected chi connectivity index (χ2v) is 5.38. The van der Waals surface area contributed by atoms with Crippen LogP contribution in [0.1, 0.15) is 30.6 Å². The van der Waals surface area contributed by atoms with Gasteiger partial charge in [-0.2, -0.15) is 0 Å². The topological polar surface area (TPSA) is 75.6 Å². The van der Waals surface area contributed by atoms with Crippen molar-refractivity contribution in [1.29, 1.82) is 0 Å². The van der Waals surface area contributed by atoms with Crippen LogP contribution in [0.5, 0.6) is 5.75 Å². The first-order valence-corrected chi connectivity index (χ1v) is 7.07. The molecule has 0 heterocycles. The van der Waals surface area contributed by atoms with Gasteiger partial charge in [0.1, 0.15) is 11.8 Å². The number of benzene rings is 1. The van der Waals surface area contributed by atoms with Crippen LogP contribution in [0.3, 0.4) is 0 Å². The Morgan fingerprint density at radius 2 is 2.10 bits per heavy atom. The Hall–Kier alpha value is -1.56. The van der Waals surface area contributed by atoms with Crippen molar-refractivity contribution >= 4 is 27.8 Å². The summed E-state index contributed by atoms with van der Waals surface area (Å²) in [5.74, 6) is -1.09. The van der Waals surface area contributed by atoms with E-state index in [2.05, 4.69) is 21.2 Å². The minimum atomic E-state index is -1.04. The van der Waals surface area contributed by atoms with Crippen LogP contribution in [0.4, 0.5) is 0 Å². The molecule has 1 aromatic rings. The lowest BCUT2D eigenvalue weighted by Gasteiger charge is -2.20. The number of hydrogen-bond donors (Lipinski definition) is 2. The summed E-state index contributed by atoms with van der Waals surface area (Å²) >= 11 is 3.28.